The summed E-state index contributed by atoms with van der Waals surface area (Å²) in [6, 6.07) is 6.12. The van der Waals surface area contributed by atoms with Gasteiger partial charge in [0.1, 0.15) is 5.75 Å². The molecule has 0 aliphatic carbocycles. The number of hydrogen-bond donors (Lipinski definition) is 1. The Bertz CT molecular complexity index is 390. The van der Waals surface area contributed by atoms with Crippen molar-refractivity contribution in [3.63, 3.8) is 0 Å². The molecule has 1 aromatic carbocycles. The maximum absolute atomic E-state index is 10.3. The van der Waals surface area contributed by atoms with Crippen LogP contribution in [0.5, 0.6) is 5.75 Å². The van der Waals surface area contributed by atoms with E-state index in [2.05, 4.69) is 19.9 Å². The Morgan fingerprint density at radius 1 is 1.33 bits per heavy atom. The Morgan fingerprint density at radius 2 is 2.17 bits per heavy atom. The van der Waals surface area contributed by atoms with Gasteiger partial charge in [-0.2, -0.15) is 11.8 Å². The SMILES string of the molecule is CC(C)CSCC(O)c1cccc2c1OCCC2. The minimum absolute atomic E-state index is 0.415. The second kappa shape index (κ2) is 6.48. The first-order chi connectivity index (χ1) is 8.68. The Kier molecular flexibility index (Phi) is 4.95. The van der Waals surface area contributed by atoms with E-state index in [1.807, 2.05) is 23.9 Å². The minimum atomic E-state index is -0.415. The number of aryl methyl sites for hydroxylation is 1. The van der Waals surface area contributed by atoms with Gasteiger partial charge in [-0.25, -0.2) is 0 Å². The maximum Gasteiger partial charge on any atom is 0.128 e. The molecule has 1 N–H and O–H groups in total. The molecule has 3 heteroatoms. The van der Waals surface area contributed by atoms with Crippen molar-refractivity contribution in [3.8, 4) is 5.75 Å². The van der Waals surface area contributed by atoms with Gasteiger partial charge >= 0.3 is 0 Å². The molecule has 0 bridgehead atoms. The third-order valence-corrected chi connectivity index (χ3v) is 4.50. The highest BCUT2D eigenvalue weighted by Gasteiger charge is 2.19. The van der Waals surface area contributed by atoms with Crippen molar-refractivity contribution in [2.24, 2.45) is 5.92 Å². The number of para-hydroxylation sites is 1. The van der Waals surface area contributed by atoms with Gasteiger partial charge in [-0.3, -0.25) is 0 Å². The Morgan fingerprint density at radius 3 is 2.94 bits per heavy atom. The first kappa shape index (κ1) is 13.8. The van der Waals surface area contributed by atoms with Gasteiger partial charge in [-0.15, -0.1) is 0 Å². The summed E-state index contributed by atoms with van der Waals surface area (Å²) in [5.41, 5.74) is 2.20. The summed E-state index contributed by atoms with van der Waals surface area (Å²) in [5.74, 6) is 3.44. The second-order valence-corrected chi connectivity index (χ2v) is 6.31. The average molecular weight is 266 g/mol. The molecule has 1 unspecified atom stereocenters. The van der Waals surface area contributed by atoms with Crippen molar-refractivity contribution in [2.75, 3.05) is 18.1 Å². The minimum Gasteiger partial charge on any atom is -0.493 e. The molecule has 0 saturated carbocycles. The third-order valence-electron chi connectivity index (χ3n) is 3.05. The lowest BCUT2D eigenvalue weighted by Crippen LogP contribution is -2.13. The van der Waals surface area contributed by atoms with E-state index >= 15 is 0 Å². The zero-order valence-corrected chi connectivity index (χ0v) is 12.0. The summed E-state index contributed by atoms with van der Waals surface area (Å²) in [6.07, 6.45) is 1.73. The van der Waals surface area contributed by atoms with Crippen LogP contribution >= 0.6 is 11.8 Å². The molecule has 1 aliphatic heterocycles. The molecule has 1 heterocycles. The standard InChI is InChI=1S/C15H22O2S/c1-11(2)9-18-10-14(16)13-7-3-5-12-6-4-8-17-15(12)13/h3,5,7,11,14,16H,4,6,8-10H2,1-2H3. The molecular formula is C15H22O2S. The van der Waals surface area contributed by atoms with Crippen molar-refractivity contribution in [1.82, 2.24) is 0 Å². The number of fused-ring (bicyclic) bond motifs is 1. The van der Waals surface area contributed by atoms with Gasteiger partial charge in [0.2, 0.25) is 0 Å². The topological polar surface area (TPSA) is 29.5 Å². The van der Waals surface area contributed by atoms with Gasteiger partial charge < -0.3 is 9.84 Å². The normalized spacial score (nSPS) is 16.2. The summed E-state index contributed by atoms with van der Waals surface area (Å²) in [4.78, 5) is 0. The van der Waals surface area contributed by atoms with Crippen LogP contribution in [-0.4, -0.2) is 23.2 Å². The van der Waals surface area contributed by atoms with E-state index in [0.717, 1.165) is 42.3 Å². The molecule has 1 aromatic rings. The molecule has 2 rings (SSSR count). The summed E-state index contributed by atoms with van der Waals surface area (Å²) in [5, 5.41) is 10.3. The fourth-order valence-electron chi connectivity index (χ4n) is 2.18. The summed E-state index contributed by atoms with van der Waals surface area (Å²) in [6.45, 7) is 5.18. The van der Waals surface area contributed by atoms with E-state index in [4.69, 9.17) is 4.74 Å². The van der Waals surface area contributed by atoms with Crippen LogP contribution in [0.25, 0.3) is 0 Å². The highest BCUT2D eigenvalue weighted by Crippen LogP contribution is 2.34. The van der Waals surface area contributed by atoms with Crippen LogP contribution in [-0.2, 0) is 6.42 Å². The van der Waals surface area contributed by atoms with E-state index in [1.54, 1.807) is 0 Å². The van der Waals surface area contributed by atoms with Gasteiger partial charge in [-0.05, 0) is 30.1 Å². The van der Waals surface area contributed by atoms with Gasteiger partial charge in [0.15, 0.2) is 0 Å². The van der Waals surface area contributed by atoms with E-state index in [9.17, 15) is 5.11 Å². The van der Waals surface area contributed by atoms with Crippen molar-refractivity contribution in [1.29, 1.82) is 0 Å². The quantitative estimate of drug-likeness (QED) is 0.885. The number of hydrogen-bond acceptors (Lipinski definition) is 3. The van der Waals surface area contributed by atoms with Gasteiger partial charge in [0.25, 0.3) is 0 Å². The first-order valence-electron chi connectivity index (χ1n) is 6.69. The molecule has 0 aromatic heterocycles. The Balaban J connectivity index is 2.03. The summed E-state index contributed by atoms with van der Waals surface area (Å²) in [7, 11) is 0. The smallest absolute Gasteiger partial charge is 0.128 e. The second-order valence-electron chi connectivity index (χ2n) is 5.23. The average Bonchev–Trinajstić information content (AvgIpc) is 2.37. The predicted octanol–water partition coefficient (Wildman–Crippen LogP) is 3.43. The van der Waals surface area contributed by atoms with Crippen LogP contribution < -0.4 is 4.74 Å². The number of aliphatic hydroxyl groups excluding tert-OH is 1. The fraction of sp³-hybridized carbons (Fsp3) is 0.600. The van der Waals surface area contributed by atoms with Crippen molar-refractivity contribution in [2.45, 2.75) is 32.8 Å². The lowest BCUT2D eigenvalue weighted by Gasteiger charge is -2.22. The fourth-order valence-corrected chi connectivity index (χ4v) is 3.19. The molecule has 0 saturated heterocycles. The number of rotatable bonds is 5. The van der Waals surface area contributed by atoms with Crippen molar-refractivity contribution >= 4 is 11.8 Å². The van der Waals surface area contributed by atoms with Gasteiger partial charge in [0.05, 0.1) is 12.7 Å². The van der Waals surface area contributed by atoms with Crippen molar-refractivity contribution < 1.29 is 9.84 Å². The van der Waals surface area contributed by atoms with Crippen LogP contribution in [0.1, 0.15) is 37.5 Å². The lowest BCUT2D eigenvalue weighted by atomic mass is 10.00. The molecule has 1 atom stereocenters. The summed E-state index contributed by atoms with van der Waals surface area (Å²) < 4.78 is 5.73. The predicted molar refractivity (Wildman–Crippen MR) is 77.4 cm³/mol. The van der Waals surface area contributed by atoms with E-state index < -0.39 is 6.10 Å². The Labute approximate surface area is 114 Å². The molecule has 1 aliphatic rings. The van der Waals surface area contributed by atoms with Crippen LogP contribution in [0, 0.1) is 5.92 Å². The number of benzene rings is 1. The van der Waals surface area contributed by atoms with Gasteiger partial charge in [-0.1, -0.05) is 32.0 Å². The van der Waals surface area contributed by atoms with E-state index in [0.29, 0.717) is 5.92 Å². The van der Waals surface area contributed by atoms with E-state index in [-0.39, 0.29) is 0 Å². The first-order valence-corrected chi connectivity index (χ1v) is 7.84. The number of thioether (sulfide) groups is 1. The zero-order chi connectivity index (χ0) is 13.0. The van der Waals surface area contributed by atoms with Crippen LogP contribution in [0.3, 0.4) is 0 Å². The third kappa shape index (κ3) is 3.42. The highest BCUT2D eigenvalue weighted by atomic mass is 32.2. The van der Waals surface area contributed by atoms with Crippen molar-refractivity contribution in [3.05, 3.63) is 29.3 Å². The van der Waals surface area contributed by atoms with Crippen LogP contribution in [0.4, 0.5) is 0 Å². The van der Waals surface area contributed by atoms with Crippen LogP contribution in [0.2, 0.25) is 0 Å². The molecule has 100 valence electrons. The molecular weight excluding hydrogens is 244 g/mol. The molecule has 0 fully saturated rings. The zero-order valence-electron chi connectivity index (χ0n) is 11.2. The molecule has 0 amide bonds. The maximum atomic E-state index is 10.3. The van der Waals surface area contributed by atoms with E-state index in [1.165, 1.54) is 5.56 Å². The largest absolute Gasteiger partial charge is 0.493 e. The molecule has 0 spiro atoms. The summed E-state index contributed by atoms with van der Waals surface area (Å²) >= 11 is 1.81. The molecule has 18 heavy (non-hydrogen) atoms. The van der Waals surface area contributed by atoms with Gasteiger partial charge in [0, 0.05) is 11.3 Å². The number of aliphatic hydroxyl groups is 1. The number of ether oxygens (including phenoxy) is 1. The monoisotopic (exact) mass is 266 g/mol. The molecule has 0 radical (unpaired) electrons. The Hall–Kier alpha value is -0.670. The lowest BCUT2D eigenvalue weighted by molar-refractivity contribution is 0.192. The van der Waals surface area contributed by atoms with Crippen LogP contribution in [0.15, 0.2) is 18.2 Å². The highest BCUT2D eigenvalue weighted by molar-refractivity contribution is 7.99. The molecule has 2 nitrogen and oxygen atoms in total.